The lowest BCUT2D eigenvalue weighted by atomic mass is 9.76. The Kier molecular flexibility index (Phi) is 3.87. The Bertz CT molecular complexity index is 451. The Balaban J connectivity index is 1.89. The van der Waals surface area contributed by atoms with Gasteiger partial charge in [-0.25, -0.2) is 0 Å². The van der Waals surface area contributed by atoms with Crippen molar-refractivity contribution in [3.05, 3.63) is 35.4 Å². The van der Waals surface area contributed by atoms with Crippen LogP contribution in [0.15, 0.2) is 24.3 Å². The fourth-order valence-electron chi connectivity index (χ4n) is 4.44. The zero-order valence-electron chi connectivity index (χ0n) is 13.3. The van der Waals surface area contributed by atoms with Crippen molar-refractivity contribution in [2.75, 3.05) is 27.7 Å². The zero-order valence-corrected chi connectivity index (χ0v) is 13.3. The molecule has 2 bridgehead atoms. The van der Waals surface area contributed by atoms with Crippen LogP contribution in [0, 0.1) is 12.8 Å². The summed E-state index contributed by atoms with van der Waals surface area (Å²) in [4.78, 5) is 5.04. The highest BCUT2D eigenvalue weighted by Gasteiger charge is 2.45. The fraction of sp³-hybridized carbons (Fsp3) is 0.667. The minimum atomic E-state index is 0.742. The second-order valence-electron chi connectivity index (χ2n) is 7.14. The molecule has 2 unspecified atom stereocenters. The van der Waals surface area contributed by atoms with Crippen LogP contribution in [-0.2, 0) is 0 Å². The molecule has 0 amide bonds. The fourth-order valence-corrected chi connectivity index (χ4v) is 4.44. The number of piperidine rings is 1. The molecule has 2 fully saturated rings. The quantitative estimate of drug-likeness (QED) is 0.834. The van der Waals surface area contributed by atoms with Crippen LogP contribution in [0.1, 0.15) is 36.3 Å². The summed E-state index contributed by atoms with van der Waals surface area (Å²) in [5.74, 6) is 1.52. The van der Waals surface area contributed by atoms with E-state index in [0.29, 0.717) is 0 Å². The van der Waals surface area contributed by atoms with Crippen LogP contribution >= 0.6 is 0 Å². The van der Waals surface area contributed by atoms with Gasteiger partial charge in [-0.3, -0.25) is 0 Å². The monoisotopic (exact) mass is 272 g/mol. The Morgan fingerprint density at radius 1 is 1.15 bits per heavy atom. The van der Waals surface area contributed by atoms with Crippen molar-refractivity contribution >= 4 is 0 Å². The third-order valence-corrected chi connectivity index (χ3v) is 5.51. The summed E-state index contributed by atoms with van der Waals surface area (Å²) in [6.45, 7) is 3.39. The predicted molar refractivity (Wildman–Crippen MR) is 85.2 cm³/mol. The van der Waals surface area contributed by atoms with E-state index in [9.17, 15) is 0 Å². The molecule has 0 radical (unpaired) electrons. The van der Waals surface area contributed by atoms with Crippen molar-refractivity contribution < 1.29 is 0 Å². The van der Waals surface area contributed by atoms with Crippen molar-refractivity contribution in [3.8, 4) is 0 Å². The lowest BCUT2D eigenvalue weighted by Crippen LogP contribution is -2.48. The molecule has 1 aromatic carbocycles. The molecule has 3 rings (SSSR count). The molecule has 2 aliphatic heterocycles. The van der Waals surface area contributed by atoms with Gasteiger partial charge in [-0.2, -0.15) is 0 Å². The van der Waals surface area contributed by atoms with Crippen molar-refractivity contribution in [2.45, 2.75) is 44.2 Å². The van der Waals surface area contributed by atoms with Gasteiger partial charge in [-0.05, 0) is 64.7 Å². The second-order valence-corrected chi connectivity index (χ2v) is 7.14. The molecule has 2 saturated heterocycles. The number of aryl methyl sites for hydroxylation is 1. The maximum atomic E-state index is 2.67. The number of nitrogens with zero attached hydrogens (tertiary/aromatic N) is 2. The van der Waals surface area contributed by atoms with Gasteiger partial charge in [0.25, 0.3) is 0 Å². The van der Waals surface area contributed by atoms with Crippen LogP contribution in [0.25, 0.3) is 0 Å². The normalized spacial score (nSPS) is 33.9. The van der Waals surface area contributed by atoms with Crippen LogP contribution in [-0.4, -0.2) is 49.6 Å². The molecule has 0 N–H and O–H groups in total. The molecule has 4 atom stereocenters. The zero-order chi connectivity index (χ0) is 14.3. The minimum absolute atomic E-state index is 0.742. The third-order valence-electron chi connectivity index (χ3n) is 5.51. The summed E-state index contributed by atoms with van der Waals surface area (Å²) in [6, 6.07) is 10.9. The molecule has 20 heavy (non-hydrogen) atoms. The van der Waals surface area contributed by atoms with Gasteiger partial charge in [0.15, 0.2) is 0 Å². The first-order valence-corrected chi connectivity index (χ1v) is 7.99. The van der Waals surface area contributed by atoms with Crippen LogP contribution in [0.5, 0.6) is 0 Å². The molecular weight excluding hydrogens is 244 g/mol. The average molecular weight is 272 g/mol. The summed E-state index contributed by atoms with van der Waals surface area (Å²) in [5.41, 5.74) is 2.93. The SMILES string of the molecule is Cc1ccc([C@H]2C[C@H]3CCC(C2CN(C)C)N3C)cc1. The van der Waals surface area contributed by atoms with Gasteiger partial charge in [0.05, 0.1) is 0 Å². The van der Waals surface area contributed by atoms with Gasteiger partial charge in [-0.15, -0.1) is 0 Å². The van der Waals surface area contributed by atoms with E-state index in [1.165, 1.54) is 31.4 Å². The number of rotatable bonds is 3. The Morgan fingerprint density at radius 3 is 2.50 bits per heavy atom. The molecular formula is C18H28N2. The number of fused-ring (bicyclic) bond motifs is 2. The van der Waals surface area contributed by atoms with Crippen LogP contribution < -0.4 is 0 Å². The number of hydrogen-bond donors (Lipinski definition) is 0. The van der Waals surface area contributed by atoms with Crippen LogP contribution in [0.4, 0.5) is 0 Å². The largest absolute Gasteiger partial charge is 0.309 e. The van der Waals surface area contributed by atoms with Crippen LogP contribution in [0.3, 0.4) is 0 Å². The van der Waals surface area contributed by atoms with E-state index in [4.69, 9.17) is 0 Å². The summed E-state index contributed by atoms with van der Waals surface area (Å²) in [5, 5.41) is 0. The first kappa shape index (κ1) is 14.1. The first-order chi connectivity index (χ1) is 9.56. The van der Waals surface area contributed by atoms with Crippen LogP contribution in [0.2, 0.25) is 0 Å². The molecule has 2 heteroatoms. The number of hydrogen-bond acceptors (Lipinski definition) is 2. The standard InChI is InChI=1S/C18H28N2/c1-13-5-7-14(8-6-13)16-11-15-9-10-18(20(15)4)17(16)12-19(2)3/h5-8,15-18H,9-12H2,1-4H3/t15-,16-,17?,18?/m1/s1. The molecule has 2 heterocycles. The van der Waals surface area contributed by atoms with Gasteiger partial charge >= 0.3 is 0 Å². The maximum Gasteiger partial charge on any atom is 0.0142 e. The van der Waals surface area contributed by atoms with E-state index >= 15 is 0 Å². The van der Waals surface area contributed by atoms with E-state index in [2.05, 4.69) is 62.1 Å². The lowest BCUT2D eigenvalue weighted by molar-refractivity contribution is 0.0824. The topological polar surface area (TPSA) is 6.48 Å². The predicted octanol–water partition coefficient (Wildman–Crippen LogP) is 3.12. The van der Waals surface area contributed by atoms with E-state index in [1.807, 2.05) is 0 Å². The molecule has 0 aliphatic carbocycles. The molecule has 2 nitrogen and oxygen atoms in total. The summed E-state index contributed by atoms with van der Waals surface area (Å²) >= 11 is 0. The first-order valence-electron chi connectivity index (χ1n) is 7.99. The summed E-state index contributed by atoms with van der Waals surface area (Å²) in [6.07, 6.45) is 4.13. The molecule has 0 saturated carbocycles. The van der Waals surface area contributed by atoms with E-state index in [0.717, 1.165) is 23.9 Å². The summed E-state index contributed by atoms with van der Waals surface area (Å²) < 4.78 is 0. The van der Waals surface area contributed by atoms with Crippen molar-refractivity contribution in [2.24, 2.45) is 5.92 Å². The van der Waals surface area contributed by atoms with Crippen molar-refractivity contribution in [1.82, 2.24) is 9.80 Å². The highest BCUT2D eigenvalue weighted by molar-refractivity contribution is 5.27. The molecule has 0 spiro atoms. The van der Waals surface area contributed by atoms with Gasteiger partial charge in [0.2, 0.25) is 0 Å². The van der Waals surface area contributed by atoms with Crippen molar-refractivity contribution in [1.29, 1.82) is 0 Å². The highest BCUT2D eigenvalue weighted by Crippen LogP contribution is 2.46. The van der Waals surface area contributed by atoms with Gasteiger partial charge < -0.3 is 9.80 Å². The molecule has 110 valence electrons. The summed E-state index contributed by atoms with van der Waals surface area (Å²) in [7, 11) is 6.77. The lowest BCUT2D eigenvalue weighted by Gasteiger charge is -2.44. The minimum Gasteiger partial charge on any atom is -0.309 e. The maximum absolute atomic E-state index is 2.67. The van der Waals surface area contributed by atoms with Gasteiger partial charge in [0.1, 0.15) is 0 Å². The van der Waals surface area contributed by atoms with Gasteiger partial charge in [0, 0.05) is 18.6 Å². The number of benzene rings is 1. The average Bonchev–Trinajstić information content (AvgIpc) is 2.65. The third kappa shape index (κ3) is 2.51. The Morgan fingerprint density at radius 2 is 1.85 bits per heavy atom. The second kappa shape index (κ2) is 5.50. The molecule has 0 aromatic heterocycles. The van der Waals surface area contributed by atoms with E-state index in [-0.39, 0.29) is 0 Å². The van der Waals surface area contributed by atoms with E-state index < -0.39 is 0 Å². The highest BCUT2D eigenvalue weighted by atomic mass is 15.2. The van der Waals surface area contributed by atoms with Crippen molar-refractivity contribution in [3.63, 3.8) is 0 Å². The molecule has 1 aromatic rings. The van der Waals surface area contributed by atoms with E-state index in [1.54, 1.807) is 5.56 Å². The Labute approximate surface area is 123 Å². The van der Waals surface area contributed by atoms with Gasteiger partial charge in [-0.1, -0.05) is 29.8 Å². The smallest absolute Gasteiger partial charge is 0.0142 e. The molecule has 2 aliphatic rings. The Hall–Kier alpha value is -0.860.